The number of carbonyl (C=O) groups excluding carboxylic acids is 2. The predicted molar refractivity (Wildman–Crippen MR) is 156 cm³/mol. The van der Waals surface area contributed by atoms with Gasteiger partial charge in [0.15, 0.2) is 0 Å². The molecule has 0 aromatic heterocycles. The van der Waals surface area contributed by atoms with Crippen LogP contribution in [-0.4, -0.2) is 34.9 Å². The van der Waals surface area contributed by atoms with Gasteiger partial charge in [0.1, 0.15) is 28.6 Å². The molecule has 0 saturated carbocycles. The lowest BCUT2D eigenvalue weighted by Gasteiger charge is -2.27. The minimum atomic E-state index is -0.222. The van der Waals surface area contributed by atoms with Crippen molar-refractivity contribution in [2.24, 2.45) is 0 Å². The molecule has 2 aliphatic heterocycles. The number of thioether (sulfide) groups is 2. The molecule has 2 heterocycles. The Balaban J connectivity index is 1.57. The van der Waals surface area contributed by atoms with Crippen LogP contribution in [0, 0.1) is 6.92 Å². The molecule has 2 aliphatic rings. The van der Waals surface area contributed by atoms with E-state index in [2.05, 4.69) is 13.8 Å². The van der Waals surface area contributed by atoms with E-state index in [4.69, 9.17) is 9.47 Å². The minimum Gasteiger partial charge on any atom is -0.456 e. The molecule has 0 radical (unpaired) electrons. The number of ether oxygens (including phenoxy) is 2. The van der Waals surface area contributed by atoms with Crippen molar-refractivity contribution >= 4 is 35.3 Å². The molecule has 6 nitrogen and oxygen atoms in total. The zero-order chi connectivity index (χ0) is 27.4. The van der Waals surface area contributed by atoms with Gasteiger partial charge >= 0.3 is 0 Å². The van der Waals surface area contributed by atoms with Crippen LogP contribution in [0.15, 0.2) is 86.3 Å². The summed E-state index contributed by atoms with van der Waals surface area (Å²) in [4.78, 5) is 29.0. The van der Waals surface area contributed by atoms with E-state index in [0.29, 0.717) is 34.6 Å². The van der Waals surface area contributed by atoms with Crippen LogP contribution in [0.5, 0.6) is 23.0 Å². The summed E-state index contributed by atoms with van der Waals surface area (Å²) in [5, 5.41) is 3.28. The van der Waals surface area contributed by atoms with Crippen LogP contribution in [0.1, 0.15) is 45.1 Å². The maximum absolute atomic E-state index is 13.7. The van der Waals surface area contributed by atoms with Gasteiger partial charge in [0.2, 0.25) is 0 Å². The molecular weight excluding hydrogens is 528 g/mol. The Bertz CT molecular complexity index is 1360. The third kappa shape index (κ3) is 5.68. The van der Waals surface area contributed by atoms with Gasteiger partial charge in [0, 0.05) is 13.1 Å². The molecule has 0 unspecified atom stereocenters. The number of hydrogen-bond donors (Lipinski definition) is 0. The molecule has 0 N–H and O–H groups in total. The highest BCUT2D eigenvalue weighted by Gasteiger charge is 2.44. The van der Waals surface area contributed by atoms with Crippen molar-refractivity contribution in [2.75, 3.05) is 13.1 Å². The lowest BCUT2D eigenvalue weighted by Crippen LogP contribution is -2.42. The molecule has 2 amide bonds. The normalized spacial score (nSPS) is 14.8. The average Bonchev–Trinajstić information content (AvgIpc) is 3.48. The molecule has 1 fully saturated rings. The van der Waals surface area contributed by atoms with E-state index in [9.17, 15) is 9.59 Å². The number of amides is 2. The number of aryl methyl sites for hydroxylation is 1. The molecule has 202 valence electrons. The molecule has 0 atom stereocenters. The van der Waals surface area contributed by atoms with Crippen LogP contribution in [0.3, 0.4) is 0 Å². The minimum absolute atomic E-state index is 0.222. The number of carbonyl (C=O) groups is 2. The smallest absolute Gasteiger partial charge is 0.279 e. The second kappa shape index (κ2) is 12.2. The van der Waals surface area contributed by atoms with Crippen molar-refractivity contribution in [1.29, 1.82) is 0 Å². The molecule has 3 aromatic carbocycles. The zero-order valence-corrected chi connectivity index (χ0v) is 24.1. The number of nitrogens with zero attached hydrogens (tertiary/aromatic N) is 2. The largest absolute Gasteiger partial charge is 0.456 e. The van der Waals surface area contributed by atoms with Crippen LogP contribution in [0.4, 0.5) is 0 Å². The van der Waals surface area contributed by atoms with Crippen LogP contribution in [-0.2, 0) is 9.59 Å². The standard InChI is InChI=1S/C31H32N2O4S2/c1-4-6-18-32-29(34)25(30(35)33(32)19-7-5-2)31-38-27-24(36-22-14-10-8-11-15-22)20-21(3)26(28(27)39-31)37-23-16-12-9-13-17-23/h8-17,20H,4-7,18-19H2,1-3H3. The van der Waals surface area contributed by atoms with Crippen molar-refractivity contribution in [3.8, 4) is 23.0 Å². The second-order valence-corrected chi connectivity index (χ2v) is 11.7. The van der Waals surface area contributed by atoms with E-state index in [-0.39, 0.29) is 17.4 Å². The highest BCUT2D eigenvalue weighted by molar-refractivity contribution is 8.25. The van der Waals surface area contributed by atoms with E-state index in [1.807, 2.05) is 73.7 Å². The first kappa shape index (κ1) is 27.2. The first-order valence-corrected chi connectivity index (χ1v) is 15.0. The van der Waals surface area contributed by atoms with Crippen molar-refractivity contribution in [1.82, 2.24) is 10.0 Å². The summed E-state index contributed by atoms with van der Waals surface area (Å²) in [6.07, 6.45) is 3.57. The number of unbranched alkanes of at least 4 members (excludes halogenated alkanes) is 2. The van der Waals surface area contributed by atoms with Crippen LogP contribution >= 0.6 is 23.5 Å². The summed E-state index contributed by atoms with van der Waals surface area (Å²) in [7, 11) is 0. The lowest BCUT2D eigenvalue weighted by molar-refractivity contribution is -0.147. The average molecular weight is 561 g/mol. The van der Waals surface area contributed by atoms with Crippen molar-refractivity contribution < 1.29 is 19.1 Å². The number of rotatable bonds is 10. The van der Waals surface area contributed by atoms with E-state index in [0.717, 1.165) is 46.8 Å². The van der Waals surface area contributed by atoms with Gasteiger partial charge in [-0.15, -0.1) is 0 Å². The maximum atomic E-state index is 13.7. The highest BCUT2D eigenvalue weighted by atomic mass is 32.2. The Labute approximate surface area is 238 Å². The van der Waals surface area contributed by atoms with E-state index in [1.165, 1.54) is 23.5 Å². The van der Waals surface area contributed by atoms with Gasteiger partial charge in [-0.05, 0) is 55.7 Å². The van der Waals surface area contributed by atoms with Gasteiger partial charge in [0.05, 0.1) is 14.0 Å². The SMILES string of the molecule is CCCCN1C(=O)C(=C2Sc3c(Oc4ccccc4)cc(C)c(Oc4ccccc4)c3S2)C(=O)N1CCCC. The Hall–Kier alpha value is -3.36. The monoisotopic (exact) mass is 560 g/mol. The maximum Gasteiger partial charge on any atom is 0.279 e. The molecule has 8 heteroatoms. The first-order valence-electron chi connectivity index (χ1n) is 13.4. The summed E-state index contributed by atoms with van der Waals surface area (Å²) in [6.45, 7) is 7.23. The summed E-state index contributed by atoms with van der Waals surface area (Å²) in [5.74, 6) is 2.36. The van der Waals surface area contributed by atoms with Gasteiger partial charge in [-0.25, -0.2) is 10.0 Å². The number of hydrogen-bond acceptors (Lipinski definition) is 6. The van der Waals surface area contributed by atoms with Crippen LogP contribution in [0.2, 0.25) is 0 Å². The number of fused-ring (bicyclic) bond motifs is 1. The second-order valence-electron chi connectivity index (χ2n) is 9.44. The first-order chi connectivity index (χ1) is 19.0. The quantitative estimate of drug-likeness (QED) is 0.184. The van der Waals surface area contributed by atoms with E-state index in [1.54, 1.807) is 10.0 Å². The molecule has 0 spiro atoms. The molecule has 5 rings (SSSR count). The third-order valence-corrected chi connectivity index (χ3v) is 9.12. The fraction of sp³-hybridized carbons (Fsp3) is 0.290. The summed E-state index contributed by atoms with van der Waals surface area (Å²) in [6, 6.07) is 21.2. The van der Waals surface area contributed by atoms with Crippen molar-refractivity contribution in [3.05, 3.63) is 82.1 Å². The van der Waals surface area contributed by atoms with Crippen molar-refractivity contribution in [2.45, 2.75) is 56.2 Å². The van der Waals surface area contributed by atoms with E-state index >= 15 is 0 Å². The predicted octanol–water partition coefficient (Wildman–Crippen LogP) is 8.18. The number of para-hydroxylation sites is 2. The Morgan fingerprint density at radius 1 is 0.718 bits per heavy atom. The molecule has 39 heavy (non-hydrogen) atoms. The Morgan fingerprint density at radius 2 is 1.23 bits per heavy atom. The van der Waals surface area contributed by atoms with Crippen LogP contribution < -0.4 is 9.47 Å². The highest BCUT2D eigenvalue weighted by Crippen LogP contribution is 2.61. The van der Waals surface area contributed by atoms with Gasteiger partial charge in [0.25, 0.3) is 11.8 Å². The summed E-state index contributed by atoms with van der Waals surface area (Å²) < 4.78 is 13.4. The summed E-state index contributed by atoms with van der Waals surface area (Å²) >= 11 is 2.83. The molecule has 0 aliphatic carbocycles. The Morgan fingerprint density at radius 3 is 1.77 bits per heavy atom. The van der Waals surface area contributed by atoms with Gasteiger partial charge in [-0.3, -0.25) is 9.59 Å². The zero-order valence-electron chi connectivity index (χ0n) is 22.4. The summed E-state index contributed by atoms with van der Waals surface area (Å²) in [5.41, 5.74) is 1.14. The fourth-order valence-corrected chi connectivity index (χ4v) is 7.16. The van der Waals surface area contributed by atoms with Gasteiger partial charge in [-0.2, -0.15) is 0 Å². The van der Waals surface area contributed by atoms with Gasteiger partial charge in [-0.1, -0.05) is 86.6 Å². The molecule has 3 aromatic rings. The van der Waals surface area contributed by atoms with Gasteiger partial charge < -0.3 is 9.47 Å². The van der Waals surface area contributed by atoms with Crippen LogP contribution in [0.25, 0.3) is 0 Å². The Kier molecular flexibility index (Phi) is 8.53. The number of hydrazine groups is 1. The van der Waals surface area contributed by atoms with Crippen molar-refractivity contribution in [3.63, 3.8) is 0 Å². The molecular formula is C31H32N2O4S2. The lowest BCUT2D eigenvalue weighted by atomic mass is 10.2. The van der Waals surface area contributed by atoms with E-state index < -0.39 is 0 Å². The molecule has 0 bridgehead atoms. The third-order valence-electron chi connectivity index (χ3n) is 6.50. The fourth-order valence-electron chi connectivity index (χ4n) is 4.45. The number of benzene rings is 3. The molecule has 1 saturated heterocycles. The topological polar surface area (TPSA) is 59.1 Å².